The van der Waals surface area contributed by atoms with E-state index in [1.807, 2.05) is 0 Å². The number of rotatable bonds is 5. The number of ketones is 1. The summed E-state index contributed by atoms with van der Waals surface area (Å²) in [5.41, 5.74) is 0.669. The Hall–Kier alpha value is -2.34. The fourth-order valence-electron chi connectivity index (χ4n) is 1.65. The molecule has 1 rings (SSSR count). The number of ether oxygens (including phenoxy) is 2. The summed E-state index contributed by atoms with van der Waals surface area (Å²) in [5, 5.41) is 8.90. The summed E-state index contributed by atoms with van der Waals surface area (Å²) in [6, 6.07) is 2.88. The summed E-state index contributed by atoms with van der Waals surface area (Å²) in [7, 11) is 1.35. The zero-order valence-electron chi connectivity index (χ0n) is 13.4. The molecule has 0 aliphatic carbocycles. The van der Waals surface area contributed by atoms with Crippen LogP contribution in [0, 0.1) is 0 Å². The van der Waals surface area contributed by atoms with Gasteiger partial charge in [-0.15, -0.1) is 0 Å². The van der Waals surface area contributed by atoms with E-state index in [1.54, 1.807) is 6.92 Å². The molecule has 0 bridgehead atoms. The molecule has 1 N–H and O–H groups in total. The topological polar surface area (TPSA) is 89.9 Å². The molecule has 0 atom stereocenters. The lowest BCUT2D eigenvalue weighted by Gasteiger charge is -2.10. The van der Waals surface area contributed by atoms with Gasteiger partial charge in [-0.05, 0) is 49.2 Å². The summed E-state index contributed by atoms with van der Waals surface area (Å²) in [6.45, 7) is 5.00. The van der Waals surface area contributed by atoms with Crippen LogP contribution in [0.1, 0.15) is 36.7 Å². The maximum absolute atomic E-state index is 11.5. The van der Waals surface area contributed by atoms with Crippen LogP contribution in [0.4, 0.5) is 0 Å². The maximum Gasteiger partial charge on any atom is 0.302 e. The molecule has 6 nitrogen and oxygen atoms in total. The molecule has 0 aliphatic rings. The van der Waals surface area contributed by atoms with Gasteiger partial charge in [-0.25, -0.2) is 0 Å². The zero-order valence-corrected chi connectivity index (χ0v) is 14.1. The zero-order chi connectivity index (χ0) is 18.0. The van der Waals surface area contributed by atoms with Gasteiger partial charge in [0.1, 0.15) is 0 Å². The van der Waals surface area contributed by atoms with Crippen LogP contribution < -0.4 is 4.74 Å². The van der Waals surface area contributed by atoms with Crippen molar-refractivity contribution < 1.29 is 29.0 Å². The first-order chi connectivity index (χ1) is 10.7. The predicted octanol–water partition coefficient (Wildman–Crippen LogP) is 2.95. The van der Waals surface area contributed by atoms with E-state index < -0.39 is 5.24 Å². The SMILES string of the molecule is CCOC(C)=O.COc1c(O)ccc(C=CC(=O)Cl)c1C(C)=O. The van der Waals surface area contributed by atoms with Crippen molar-refractivity contribution in [2.75, 3.05) is 13.7 Å². The molecule has 1 aromatic rings. The van der Waals surface area contributed by atoms with Crippen LogP contribution in [0.15, 0.2) is 18.2 Å². The molecule has 0 heterocycles. The van der Waals surface area contributed by atoms with E-state index in [-0.39, 0.29) is 28.8 Å². The van der Waals surface area contributed by atoms with Gasteiger partial charge in [0.25, 0.3) is 0 Å². The predicted molar refractivity (Wildman–Crippen MR) is 86.9 cm³/mol. The summed E-state index contributed by atoms with van der Waals surface area (Å²) >= 11 is 5.17. The van der Waals surface area contributed by atoms with Gasteiger partial charge in [0, 0.05) is 6.92 Å². The van der Waals surface area contributed by atoms with E-state index in [1.165, 1.54) is 39.2 Å². The minimum Gasteiger partial charge on any atom is -0.504 e. The van der Waals surface area contributed by atoms with Crippen LogP contribution in [0.2, 0.25) is 0 Å². The molecule has 0 aliphatic heterocycles. The Morgan fingerprint density at radius 1 is 1.26 bits per heavy atom. The Kier molecular flexibility index (Phi) is 9.34. The standard InChI is InChI=1S/C12H11ClO4.C4H8O2/c1-7(14)11-8(4-6-10(13)16)3-5-9(15)12(11)17-2;1-3-6-4(2)5/h3-6,15H,1-2H3;3H2,1-2H3. The number of aromatic hydroxyl groups is 1. The largest absolute Gasteiger partial charge is 0.504 e. The van der Waals surface area contributed by atoms with Crippen LogP contribution in [-0.4, -0.2) is 35.8 Å². The quantitative estimate of drug-likeness (QED) is 0.383. The fourth-order valence-corrected chi connectivity index (χ4v) is 1.72. The Balaban J connectivity index is 0.000000688. The normalized spacial score (nSPS) is 9.78. The van der Waals surface area contributed by atoms with Crippen molar-refractivity contribution in [3.63, 3.8) is 0 Å². The molecule has 0 unspecified atom stereocenters. The van der Waals surface area contributed by atoms with Gasteiger partial charge in [0.05, 0.1) is 19.3 Å². The molecule has 0 saturated heterocycles. The Labute approximate surface area is 139 Å². The van der Waals surface area contributed by atoms with Crippen LogP contribution in [-0.2, 0) is 14.3 Å². The van der Waals surface area contributed by atoms with Crippen molar-refractivity contribution in [2.45, 2.75) is 20.8 Å². The van der Waals surface area contributed by atoms with Crippen molar-refractivity contribution in [3.05, 3.63) is 29.3 Å². The van der Waals surface area contributed by atoms with Crippen LogP contribution in [0.5, 0.6) is 11.5 Å². The second kappa shape index (κ2) is 10.4. The van der Waals surface area contributed by atoms with E-state index in [2.05, 4.69) is 4.74 Å². The Morgan fingerprint density at radius 3 is 2.22 bits per heavy atom. The number of phenolic OH excluding ortho intramolecular Hbond substituents is 1. The average Bonchev–Trinajstić information content (AvgIpc) is 2.45. The van der Waals surface area contributed by atoms with Crippen LogP contribution in [0.25, 0.3) is 6.08 Å². The minimum atomic E-state index is -0.647. The van der Waals surface area contributed by atoms with E-state index in [9.17, 15) is 19.5 Å². The highest BCUT2D eigenvalue weighted by atomic mass is 35.5. The lowest BCUT2D eigenvalue weighted by molar-refractivity contribution is -0.140. The number of carbonyl (C=O) groups is 3. The molecule has 0 saturated carbocycles. The number of Topliss-reactive ketones (excluding diaryl/α,β-unsaturated/α-hetero) is 1. The van der Waals surface area contributed by atoms with Crippen molar-refractivity contribution in [3.8, 4) is 11.5 Å². The maximum atomic E-state index is 11.5. The van der Waals surface area contributed by atoms with Gasteiger partial charge in [-0.1, -0.05) is 6.07 Å². The third-order valence-corrected chi connectivity index (χ3v) is 2.59. The Morgan fingerprint density at radius 2 is 1.87 bits per heavy atom. The average molecular weight is 343 g/mol. The molecule has 0 spiro atoms. The molecule has 7 heteroatoms. The lowest BCUT2D eigenvalue weighted by Crippen LogP contribution is -2.01. The van der Waals surface area contributed by atoms with E-state index in [0.29, 0.717) is 12.2 Å². The first kappa shape index (κ1) is 20.7. The number of hydrogen-bond acceptors (Lipinski definition) is 6. The van der Waals surface area contributed by atoms with Crippen LogP contribution >= 0.6 is 11.6 Å². The van der Waals surface area contributed by atoms with Gasteiger partial charge >= 0.3 is 5.97 Å². The fraction of sp³-hybridized carbons (Fsp3) is 0.312. The third kappa shape index (κ3) is 7.46. The van der Waals surface area contributed by atoms with Crippen molar-refractivity contribution >= 4 is 34.7 Å². The van der Waals surface area contributed by atoms with Crippen LogP contribution in [0.3, 0.4) is 0 Å². The molecule has 0 aromatic heterocycles. The van der Waals surface area contributed by atoms with E-state index >= 15 is 0 Å². The monoisotopic (exact) mass is 342 g/mol. The highest BCUT2D eigenvalue weighted by Gasteiger charge is 2.16. The number of esters is 1. The molecule has 126 valence electrons. The number of carbonyl (C=O) groups excluding carboxylic acids is 3. The molecular weight excluding hydrogens is 324 g/mol. The summed E-state index contributed by atoms with van der Waals surface area (Å²) in [5.74, 6) is -0.536. The molecule has 0 fully saturated rings. The van der Waals surface area contributed by atoms with Crippen molar-refractivity contribution in [1.29, 1.82) is 0 Å². The van der Waals surface area contributed by atoms with Gasteiger partial charge in [0.2, 0.25) is 5.24 Å². The lowest BCUT2D eigenvalue weighted by atomic mass is 10.0. The first-order valence-electron chi connectivity index (χ1n) is 6.66. The summed E-state index contributed by atoms with van der Waals surface area (Å²) in [4.78, 5) is 32.0. The number of methoxy groups -OCH3 is 1. The molecule has 0 radical (unpaired) electrons. The summed E-state index contributed by atoms with van der Waals surface area (Å²) < 4.78 is 9.37. The molecule has 23 heavy (non-hydrogen) atoms. The van der Waals surface area contributed by atoms with E-state index in [4.69, 9.17) is 16.3 Å². The van der Waals surface area contributed by atoms with E-state index in [0.717, 1.165) is 6.08 Å². The third-order valence-electron chi connectivity index (χ3n) is 2.47. The first-order valence-corrected chi connectivity index (χ1v) is 7.04. The van der Waals surface area contributed by atoms with Gasteiger partial charge < -0.3 is 14.6 Å². The number of halogens is 1. The number of hydrogen-bond donors (Lipinski definition) is 1. The smallest absolute Gasteiger partial charge is 0.302 e. The molecule has 0 amide bonds. The molecule has 1 aromatic carbocycles. The van der Waals surface area contributed by atoms with Gasteiger partial charge in [-0.2, -0.15) is 0 Å². The number of benzene rings is 1. The molecular formula is C16H19ClO6. The summed E-state index contributed by atoms with van der Waals surface area (Å²) in [6.07, 6.45) is 2.52. The van der Waals surface area contributed by atoms with Gasteiger partial charge in [-0.3, -0.25) is 14.4 Å². The second-order valence-electron chi connectivity index (χ2n) is 4.20. The highest BCUT2D eigenvalue weighted by molar-refractivity contribution is 6.66. The second-order valence-corrected chi connectivity index (χ2v) is 4.57. The number of phenols is 1. The van der Waals surface area contributed by atoms with Crippen molar-refractivity contribution in [1.82, 2.24) is 0 Å². The number of allylic oxidation sites excluding steroid dienone is 1. The minimum absolute atomic E-state index is 0.0849. The Bertz CT molecular complexity index is 607. The highest BCUT2D eigenvalue weighted by Crippen LogP contribution is 2.33. The van der Waals surface area contributed by atoms with Gasteiger partial charge in [0.15, 0.2) is 17.3 Å². The van der Waals surface area contributed by atoms with Crippen molar-refractivity contribution in [2.24, 2.45) is 0 Å².